The van der Waals surface area contributed by atoms with Gasteiger partial charge in [0, 0.05) is 27.6 Å². The second-order valence-corrected chi connectivity index (χ2v) is 10.8. The van der Waals surface area contributed by atoms with Gasteiger partial charge in [-0.05, 0) is 32.3 Å². The van der Waals surface area contributed by atoms with Crippen molar-refractivity contribution in [2.75, 3.05) is 0 Å². The molecule has 0 spiro atoms. The number of hydrogen-bond donors (Lipinski definition) is 1. The van der Waals surface area contributed by atoms with Crippen LogP contribution in [0.4, 0.5) is 0 Å². The maximum atomic E-state index is 14.1. The third-order valence-electron chi connectivity index (χ3n) is 7.57. The van der Waals surface area contributed by atoms with Gasteiger partial charge in [-0.1, -0.05) is 129 Å². The van der Waals surface area contributed by atoms with E-state index >= 15 is 0 Å². The van der Waals surface area contributed by atoms with Crippen molar-refractivity contribution in [3.63, 3.8) is 0 Å². The number of carbonyl (C=O) groups is 2. The number of esters is 1. The lowest BCUT2D eigenvalue weighted by Crippen LogP contribution is -2.47. The minimum atomic E-state index is -1.29. The summed E-state index contributed by atoms with van der Waals surface area (Å²) in [7, 11) is 0. The highest BCUT2D eigenvalue weighted by atomic mass is 35.5. The highest BCUT2D eigenvalue weighted by Crippen LogP contribution is 2.44. The molecule has 1 aliphatic rings. The zero-order chi connectivity index (χ0) is 27.0. The van der Waals surface area contributed by atoms with E-state index in [1.54, 1.807) is 0 Å². The van der Waals surface area contributed by atoms with Crippen molar-refractivity contribution in [1.29, 1.82) is 0 Å². The number of hydrogen-bond acceptors (Lipinski definition) is 3. The lowest BCUT2D eigenvalue weighted by atomic mass is 9.79. The van der Waals surface area contributed by atoms with E-state index in [4.69, 9.17) is 16.3 Å². The summed E-state index contributed by atoms with van der Waals surface area (Å²) in [6.45, 7) is 4.15. The standard InChI is InChI=1S/C33H38ClNO3/c1-3-4-6-19-30(35-31(36)25-13-9-10-14-25)32(37)38-33(26-15-7-5-8-16-26,27-22-20-24(2)21-23-27)28-17-11-12-18-29(28)34/h5,7-8,11-12,15-18,20-23,25,30H,3-4,6,9-10,13-14,19H2,1-2H3,(H,35,36). The first-order chi connectivity index (χ1) is 18.5. The fourth-order valence-corrected chi connectivity index (χ4v) is 5.67. The summed E-state index contributed by atoms with van der Waals surface area (Å²) < 4.78 is 6.64. The topological polar surface area (TPSA) is 55.4 Å². The molecule has 200 valence electrons. The van der Waals surface area contributed by atoms with Crippen LogP contribution in [0.25, 0.3) is 0 Å². The van der Waals surface area contributed by atoms with Crippen LogP contribution in [-0.2, 0) is 19.9 Å². The van der Waals surface area contributed by atoms with Crippen LogP contribution in [0.5, 0.6) is 0 Å². The molecule has 0 radical (unpaired) electrons. The Labute approximate surface area is 231 Å². The molecule has 0 heterocycles. The molecule has 0 bridgehead atoms. The van der Waals surface area contributed by atoms with Gasteiger partial charge < -0.3 is 10.1 Å². The van der Waals surface area contributed by atoms with Crippen molar-refractivity contribution in [3.8, 4) is 0 Å². The fraction of sp³-hybridized carbons (Fsp3) is 0.394. The maximum absolute atomic E-state index is 14.1. The number of ether oxygens (including phenoxy) is 1. The second-order valence-electron chi connectivity index (χ2n) is 10.4. The van der Waals surface area contributed by atoms with E-state index in [1.807, 2.05) is 85.8 Å². The van der Waals surface area contributed by atoms with E-state index in [-0.39, 0.29) is 11.8 Å². The van der Waals surface area contributed by atoms with Gasteiger partial charge in [0.15, 0.2) is 5.60 Å². The van der Waals surface area contributed by atoms with Gasteiger partial charge in [-0.25, -0.2) is 4.79 Å². The molecule has 1 amide bonds. The Morgan fingerprint density at radius 3 is 2.21 bits per heavy atom. The zero-order valence-electron chi connectivity index (χ0n) is 22.4. The quantitative estimate of drug-likeness (QED) is 0.156. The summed E-state index contributed by atoms with van der Waals surface area (Å²) in [5.41, 5.74) is 2.08. The summed E-state index contributed by atoms with van der Waals surface area (Å²) in [6, 6.07) is 24.5. The fourth-order valence-electron chi connectivity index (χ4n) is 5.41. The molecule has 5 heteroatoms. The van der Waals surface area contributed by atoms with Gasteiger partial charge in [0.1, 0.15) is 6.04 Å². The Morgan fingerprint density at radius 1 is 0.921 bits per heavy atom. The number of carbonyl (C=O) groups excluding carboxylic acids is 2. The van der Waals surface area contributed by atoms with Crippen LogP contribution in [0.1, 0.15) is 80.5 Å². The van der Waals surface area contributed by atoms with Crippen molar-refractivity contribution in [1.82, 2.24) is 5.32 Å². The molecular formula is C33H38ClNO3. The molecule has 2 unspecified atom stereocenters. The number of benzene rings is 3. The average Bonchev–Trinajstić information content (AvgIpc) is 3.48. The van der Waals surface area contributed by atoms with E-state index in [2.05, 4.69) is 12.2 Å². The molecule has 1 fully saturated rings. The van der Waals surface area contributed by atoms with Crippen molar-refractivity contribution < 1.29 is 14.3 Å². The summed E-state index contributed by atoms with van der Waals surface area (Å²) in [5.74, 6) is -0.521. The van der Waals surface area contributed by atoms with Gasteiger partial charge in [0.25, 0.3) is 0 Å². The Balaban J connectivity index is 1.79. The smallest absolute Gasteiger partial charge is 0.330 e. The lowest BCUT2D eigenvalue weighted by molar-refractivity contribution is -0.158. The summed E-state index contributed by atoms with van der Waals surface area (Å²) in [5, 5.41) is 3.57. The predicted molar refractivity (Wildman–Crippen MR) is 153 cm³/mol. The summed E-state index contributed by atoms with van der Waals surface area (Å²) >= 11 is 6.81. The number of rotatable bonds is 11. The SMILES string of the molecule is CCCCCC(NC(=O)C1CCCC1)C(=O)OC(c1ccccc1)(c1ccc(C)cc1)c1ccccc1Cl. The lowest BCUT2D eigenvalue weighted by Gasteiger charge is -2.37. The van der Waals surface area contributed by atoms with Crippen LogP contribution in [0, 0.1) is 12.8 Å². The molecule has 3 aromatic rings. The monoisotopic (exact) mass is 531 g/mol. The molecule has 4 rings (SSSR count). The van der Waals surface area contributed by atoms with E-state index in [0.29, 0.717) is 17.0 Å². The van der Waals surface area contributed by atoms with E-state index in [1.165, 1.54) is 0 Å². The predicted octanol–water partition coefficient (Wildman–Crippen LogP) is 7.74. The highest BCUT2D eigenvalue weighted by Gasteiger charge is 2.43. The Hall–Kier alpha value is -3.11. The molecule has 0 aliphatic heterocycles. The third-order valence-corrected chi connectivity index (χ3v) is 7.90. The van der Waals surface area contributed by atoms with Crippen molar-refractivity contribution in [3.05, 3.63) is 106 Å². The second kappa shape index (κ2) is 13.1. The van der Waals surface area contributed by atoms with Crippen LogP contribution < -0.4 is 5.32 Å². The van der Waals surface area contributed by atoms with E-state index in [0.717, 1.165) is 61.6 Å². The van der Waals surface area contributed by atoms with Crippen LogP contribution in [0.2, 0.25) is 5.02 Å². The Bertz CT molecular complexity index is 1200. The first-order valence-electron chi connectivity index (χ1n) is 13.9. The third kappa shape index (κ3) is 6.30. The molecule has 38 heavy (non-hydrogen) atoms. The van der Waals surface area contributed by atoms with Crippen LogP contribution in [0.3, 0.4) is 0 Å². The number of amides is 1. The molecule has 2 atom stereocenters. The van der Waals surface area contributed by atoms with Gasteiger partial charge in [-0.15, -0.1) is 0 Å². The van der Waals surface area contributed by atoms with Crippen molar-refractivity contribution in [2.24, 2.45) is 5.92 Å². The molecule has 1 N–H and O–H groups in total. The molecular weight excluding hydrogens is 494 g/mol. The zero-order valence-corrected chi connectivity index (χ0v) is 23.2. The Morgan fingerprint density at radius 2 is 1.55 bits per heavy atom. The van der Waals surface area contributed by atoms with Gasteiger partial charge in [-0.2, -0.15) is 0 Å². The highest BCUT2D eigenvalue weighted by molar-refractivity contribution is 6.31. The van der Waals surface area contributed by atoms with Gasteiger partial charge >= 0.3 is 5.97 Å². The molecule has 3 aromatic carbocycles. The molecule has 0 aromatic heterocycles. The first kappa shape index (κ1) is 27.9. The number of halogens is 1. The van der Waals surface area contributed by atoms with Gasteiger partial charge in [-0.3, -0.25) is 4.79 Å². The maximum Gasteiger partial charge on any atom is 0.330 e. The van der Waals surface area contributed by atoms with Crippen LogP contribution >= 0.6 is 11.6 Å². The van der Waals surface area contributed by atoms with Gasteiger partial charge in [0.05, 0.1) is 0 Å². The van der Waals surface area contributed by atoms with Crippen molar-refractivity contribution in [2.45, 2.75) is 76.9 Å². The molecule has 1 aliphatic carbocycles. The summed E-state index contributed by atoms with van der Waals surface area (Å²) in [4.78, 5) is 27.2. The number of nitrogens with one attached hydrogen (secondary N) is 1. The normalized spacial score (nSPS) is 16.0. The average molecular weight is 532 g/mol. The minimum absolute atomic E-state index is 0.0315. The number of aryl methyl sites for hydroxylation is 1. The molecule has 4 nitrogen and oxygen atoms in total. The minimum Gasteiger partial charge on any atom is -0.443 e. The van der Waals surface area contributed by atoms with Crippen LogP contribution in [-0.4, -0.2) is 17.9 Å². The summed E-state index contributed by atoms with van der Waals surface area (Å²) in [6.07, 6.45) is 7.23. The molecule has 0 saturated heterocycles. The largest absolute Gasteiger partial charge is 0.443 e. The molecule has 1 saturated carbocycles. The van der Waals surface area contributed by atoms with Gasteiger partial charge in [0.2, 0.25) is 5.91 Å². The van der Waals surface area contributed by atoms with Crippen molar-refractivity contribution >= 4 is 23.5 Å². The number of unbranched alkanes of at least 4 members (excludes halogenated alkanes) is 2. The Kier molecular flexibility index (Phi) is 9.63. The van der Waals surface area contributed by atoms with E-state index < -0.39 is 17.6 Å². The van der Waals surface area contributed by atoms with E-state index in [9.17, 15) is 9.59 Å². The van der Waals surface area contributed by atoms with Crippen LogP contribution in [0.15, 0.2) is 78.9 Å². The first-order valence-corrected chi connectivity index (χ1v) is 14.2.